The van der Waals surface area contributed by atoms with E-state index >= 15 is 0 Å². The molecule has 1 unspecified atom stereocenters. The quantitative estimate of drug-likeness (QED) is 0.873. The van der Waals surface area contributed by atoms with Gasteiger partial charge in [-0.1, -0.05) is 25.1 Å². The Bertz CT molecular complexity index is 447. The lowest BCUT2D eigenvalue weighted by atomic mass is 10.1. The molecule has 1 saturated heterocycles. The van der Waals surface area contributed by atoms with E-state index in [-0.39, 0.29) is 24.5 Å². The van der Waals surface area contributed by atoms with Crippen molar-refractivity contribution in [2.45, 2.75) is 19.4 Å². The summed E-state index contributed by atoms with van der Waals surface area (Å²) in [6, 6.07) is 8.81. The van der Waals surface area contributed by atoms with E-state index < -0.39 is 0 Å². The van der Waals surface area contributed by atoms with Crippen LogP contribution in [0.25, 0.3) is 0 Å². The third kappa shape index (κ3) is 3.24. The van der Waals surface area contributed by atoms with Crippen LogP contribution in [0.4, 0.5) is 0 Å². The molecule has 0 spiro atoms. The maximum Gasteiger partial charge on any atom is 0.261 e. The van der Waals surface area contributed by atoms with E-state index in [1.165, 1.54) is 0 Å². The van der Waals surface area contributed by atoms with Crippen LogP contribution in [0.15, 0.2) is 30.3 Å². The van der Waals surface area contributed by atoms with E-state index in [9.17, 15) is 9.59 Å². The molecule has 1 atom stereocenters. The van der Waals surface area contributed by atoms with Crippen molar-refractivity contribution in [1.29, 1.82) is 0 Å². The Morgan fingerprint density at radius 3 is 2.84 bits per heavy atom. The van der Waals surface area contributed by atoms with Crippen molar-refractivity contribution in [3.05, 3.63) is 30.3 Å². The minimum atomic E-state index is -0.374. The fourth-order valence-electron chi connectivity index (χ4n) is 2.16. The zero-order valence-electron chi connectivity index (χ0n) is 11.0. The van der Waals surface area contributed by atoms with Gasteiger partial charge in [0.15, 0.2) is 6.61 Å². The lowest BCUT2D eigenvalue weighted by Gasteiger charge is -2.34. The third-order valence-corrected chi connectivity index (χ3v) is 3.14. The van der Waals surface area contributed by atoms with Crippen molar-refractivity contribution in [3.8, 4) is 5.75 Å². The zero-order valence-corrected chi connectivity index (χ0v) is 11.0. The highest BCUT2D eigenvalue weighted by Crippen LogP contribution is 2.11. The Kier molecular flexibility index (Phi) is 4.39. The van der Waals surface area contributed by atoms with Crippen LogP contribution in [-0.2, 0) is 9.59 Å². The molecular weight excluding hydrogens is 244 g/mol. The number of nitrogens with one attached hydrogen (secondary N) is 1. The molecule has 19 heavy (non-hydrogen) atoms. The normalized spacial score (nSPS) is 18.9. The van der Waals surface area contributed by atoms with Crippen LogP contribution in [0.2, 0.25) is 0 Å². The molecular formula is C14H18N2O3. The summed E-state index contributed by atoms with van der Waals surface area (Å²) in [4.78, 5) is 25.4. The maximum absolute atomic E-state index is 12.1. The number of carbonyl (C=O) groups excluding carboxylic acids is 2. The molecule has 2 amide bonds. The van der Waals surface area contributed by atoms with Gasteiger partial charge in [0.25, 0.3) is 5.91 Å². The molecule has 1 heterocycles. The van der Waals surface area contributed by atoms with Gasteiger partial charge in [0, 0.05) is 13.1 Å². The lowest BCUT2D eigenvalue weighted by molar-refractivity contribution is -0.144. The van der Waals surface area contributed by atoms with Crippen LogP contribution < -0.4 is 10.1 Å². The number of para-hydroxylation sites is 1. The predicted octanol–water partition coefficient (Wildman–Crippen LogP) is 0.802. The summed E-state index contributed by atoms with van der Waals surface area (Å²) < 4.78 is 5.43. The van der Waals surface area contributed by atoms with Crippen LogP contribution in [0.5, 0.6) is 5.75 Å². The number of piperazine rings is 1. The third-order valence-electron chi connectivity index (χ3n) is 3.14. The van der Waals surface area contributed by atoms with Gasteiger partial charge in [0.2, 0.25) is 5.91 Å². The Balaban J connectivity index is 1.93. The molecule has 0 radical (unpaired) electrons. The smallest absolute Gasteiger partial charge is 0.261 e. The lowest BCUT2D eigenvalue weighted by Crippen LogP contribution is -2.57. The molecule has 0 aliphatic carbocycles. The van der Waals surface area contributed by atoms with Crippen LogP contribution in [0.1, 0.15) is 13.3 Å². The Morgan fingerprint density at radius 2 is 2.16 bits per heavy atom. The first-order valence-corrected chi connectivity index (χ1v) is 6.47. The molecule has 0 bridgehead atoms. The van der Waals surface area contributed by atoms with E-state index in [1.807, 2.05) is 25.1 Å². The first-order valence-electron chi connectivity index (χ1n) is 6.47. The van der Waals surface area contributed by atoms with E-state index in [1.54, 1.807) is 17.0 Å². The van der Waals surface area contributed by atoms with Gasteiger partial charge in [0.1, 0.15) is 11.8 Å². The molecule has 1 aromatic carbocycles. The van der Waals surface area contributed by atoms with E-state index in [0.717, 1.165) is 0 Å². The molecule has 1 aromatic rings. The predicted molar refractivity (Wildman–Crippen MR) is 70.7 cm³/mol. The fourth-order valence-corrected chi connectivity index (χ4v) is 2.16. The van der Waals surface area contributed by atoms with Gasteiger partial charge in [-0.05, 0) is 18.6 Å². The molecule has 5 nitrogen and oxygen atoms in total. The average Bonchev–Trinajstić information content (AvgIpc) is 2.45. The number of carbonyl (C=O) groups is 2. The van der Waals surface area contributed by atoms with Gasteiger partial charge < -0.3 is 15.0 Å². The van der Waals surface area contributed by atoms with Gasteiger partial charge in [0.05, 0.1) is 0 Å². The summed E-state index contributed by atoms with van der Waals surface area (Å²) in [7, 11) is 0. The summed E-state index contributed by atoms with van der Waals surface area (Å²) in [5.74, 6) is 0.428. The van der Waals surface area contributed by atoms with E-state index in [4.69, 9.17) is 4.74 Å². The van der Waals surface area contributed by atoms with E-state index in [2.05, 4.69) is 5.32 Å². The van der Waals surface area contributed by atoms with Crippen molar-refractivity contribution in [2.75, 3.05) is 19.7 Å². The minimum Gasteiger partial charge on any atom is -0.484 e. The van der Waals surface area contributed by atoms with Gasteiger partial charge in [-0.3, -0.25) is 9.59 Å². The molecule has 0 aromatic heterocycles. The molecule has 2 rings (SSSR count). The maximum atomic E-state index is 12.1. The Morgan fingerprint density at radius 1 is 1.42 bits per heavy atom. The Labute approximate surface area is 112 Å². The summed E-state index contributed by atoms with van der Waals surface area (Å²) in [5.41, 5.74) is 0. The summed E-state index contributed by atoms with van der Waals surface area (Å²) in [6.45, 7) is 2.91. The molecule has 1 N–H and O–H groups in total. The monoisotopic (exact) mass is 262 g/mol. The number of benzene rings is 1. The van der Waals surface area contributed by atoms with Crippen molar-refractivity contribution >= 4 is 11.8 Å². The second kappa shape index (κ2) is 6.22. The molecule has 102 valence electrons. The van der Waals surface area contributed by atoms with Crippen molar-refractivity contribution in [1.82, 2.24) is 10.2 Å². The first-order chi connectivity index (χ1) is 9.22. The molecule has 1 aliphatic rings. The van der Waals surface area contributed by atoms with Crippen LogP contribution >= 0.6 is 0 Å². The zero-order chi connectivity index (χ0) is 13.7. The summed E-state index contributed by atoms with van der Waals surface area (Å²) in [6.07, 6.45) is 0.614. The Hall–Kier alpha value is -2.04. The highest BCUT2D eigenvalue weighted by Gasteiger charge is 2.31. The second-order valence-electron chi connectivity index (χ2n) is 4.40. The second-order valence-corrected chi connectivity index (χ2v) is 4.40. The molecule has 5 heteroatoms. The van der Waals surface area contributed by atoms with Crippen molar-refractivity contribution in [2.24, 2.45) is 0 Å². The fraction of sp³-hybridized carbons (Fsp3) is 0.429. The van der Waals surface area contributed by atoms with Gasteiger partial charge in [-0.2, -0.15) is 0 Å². The number of rotatable bonds is 4. The highest BCUT2D eigenvalue weighted by atomic mass is 16.5. The van der Waals surface area contributed by atoms with Gasteiger partial charge in [-0.15, -0.1) is 0 Å². The van der Waals surface area contributed by atoms with Crippen molar-refractivity contribution in [3.63, 3.8) is 0 Å². The van der Waals surface area contributed by atoms with Crippen LogP contribution in [0, 0.1) is 0 Å². The highest BCUT2D eigenvalue weighted by molar-refractivity contribution is 5.89. The number of hydrogen-bond acceptors (Lipinski definition) is 3. The standard InChI is InChI=1S/C14H18N2O3/c1-2-12-14(18)15-8-9-16(12)13(17)10-19-11-6-4-3-5-7-11/h3-7,12H,2,8-10H2,1H3,(H,15,18). The number of amides is 2. The number of hydrogen-bond donors (Lipinski definition) is 1. The average molecular weight is 262 g/mol. The van der Waals surface area contributed by atoms with Crippen LogP contribution in [0.3, 0.4) is 0 Å². The van der Waals surface area contributed by atoms with Gasteiger partial charge in [-0.25, -0.2) is 0 Å². The van der Waals surface area contributed by atoms with Gasteiger partial charge >= 0.3 is 0 Å². The largest absolute Gasteiger partial charge is 0.484 e. The first kappa shape index (κ1) is 13.4. The molecule has 1 fully saturated rings. The van der Waals surface area contributed by atoms with Crippen LogP contribution in [-0.4, -0.2) is 42.5 Å². The topological polar surface area (TPSA) is 58.6 Å². The summed E-state index contributed by atoms with van der Waals surface area (Å²) >= 11 is 0. The minimum absolute atomic E-state index is 0.0339. The number of ether oxygens (including phenoxy) is 1. The summed E-state index contributed by atoms with van der Waals surface area (Å²) in [5, 5.41) is 2.77. The van der Waals surface area contributed by atoms with Crippen molar-refractivity contribution < 1.29 is 14.3 Å². The SMILES string of the molecule is CCC1C(=O)NCCN1C(=O)COc1ccccc1. The van der Waals surface area contributed by atoms with E-state index in [0.29, 0.717) is 25.3 Å². The molecule has 0 saturated carbocycles. The molecule has 1 aliphatic heterocycles. The number of nitrogens with zero attached hydrogens (tertiary/aromatic N) is 1.